The van der Waals surface area contributed by atoms with Gasteiger partial charge in [0.25, 0.3) is 0 Å². The second-order valence-electron chi connectivity index (χ2n) is 0.952. The van der Waals surface area contributed by atoms with Crippen LogP contribution in [0.1, 0.15) is 0 Å². The maximum atomic E-state index is 10.1. The van der Waals surface area contributed by atoms with E-state index in [0.717, 1.165) is 11.8 Å². The Morgan fingerprint density at radius 1 is 1.89 bits per heavy atom. The second-order valence-corrected chi connectivity index (χ2v) is 1.66. The fraction of sp³-hybridized carbons (Fsp3) is 0.500. The number of nitriles is 1. The van der Waals surface area contributed by atoms with Crippen molar-refractivity contribution in [3.05, 3.63) is 0 Å². The Labute approximate surface area is 56.7 Å². The molecule has 50 valence electrons. The van der Waals surface area contributed by atoms with Crippen molar-refractivity contribution in [2.24, 2.45) is 0 Å². The van der Waals surface area contributed by atoms with Gasteiger partial charge < -0.3 is 9.47 Å². The fourth-order valence-corrected chi connectivity index (χ4v) is 0.371. The highest BCUT2D eigenvalue weighted by atomic mass is 32.2. The van der Waals surface area contributed by atoms with Crippen molar-refractivity contribution in [3.8, 4) is 5.40 Å². The van der Waals surface area contributed by atoms with Gasteiger partial charge >= 0.3 is 6.16 Å². The first kappa shape index (κ1) is 8.11. The van der Waals surface area contributed by atoms with Gasteiger partial charge in [-0.05, 0) is 11.8 Å². The highest BCUT2D eigenvalue weighted by molar-refractivity contribution is 8.03. The predicted molar refractivity (Wildman–Crippen MR) is 31.6 cm³/mol. The largest absolute Gasteiger partial charge is 0.508 e. The minimum absolute atomic E-state index is 0.0170. The van der Waals surface area contributed by atoms with Crippen LogP contribution in [0, 0.1) is 10.7 Å². The molecular weight excluding hydrogens is 142 g/mol. The number of nitrogens with zero attached hydrogens (tertiary/aromatic N) is 1. The number of hydrogen-bond donors (Lipinski definition) is 0. The standard InChI is InChI=1S/C4H5NO3S/c1-7-4(6)8-3-9-2-5/h3H2,1H3. The summed E-state index contributed by atoms with van der Waals surface area (Å²) in [5.41, 5.74) is 0. The van der Waals surface area contributed by atoms with Gasteiger partial charge in [0, 0.05) is 0 Å². The van der Waals surface area contributed by atoms with Crippen LogP contribution in [0.15, 0.2) is 0 Å². The second kappa shape index (κ2) is 5.25. The molecule has 0 heterocycles. The molecule has 0 unspecified atom stereocenters. The molecule has 0 aromatic rings. The van der Waals surface area contributed by atoms with Gasteiger partial charge in [0.15, 0.2) is 5.94 Å². The van der Waals surface area contributed by atoms with E-state index >= 15 is 0 Å². The highest BCUT2D eigenvalue weighted by Gasteiger charge is 1.97. The molecule has 9 heavy (non-hydrogen) atoms. The minimum atomic E-state index is -0.766. The number of hydrogen-bond acceptors (Lipinski definition) is 5. The summed E-state index contributed by atoms with van der Waals surface area (Å²) in [5.74, 6) is 0.0170. The molecule has 0 aliphatic carbocycles. The van der Waals surface area contributed by atoms with Crippen LogP contribution in [0.5, 0.6) is 0 Å². The third kappa shape index (κ3) is 4.97. The molecule has 0 rings (SSSR count). The van der Waals surface area contributed by atoms with E-state index in [-0.39, 0.29) is 5.94 Å². The Hall–Kier alpha value is -0.890. The lowest BCUT2D eigenvalue weighted by Crippen LogP contribution is -2.02. The molecule has 0 spiro atoms. The molecule has 4 nitrogen and oxygen atoms in total. The van der Waals surface area contributed by atoms with Gasteiger partial charge in [-0.15, -0.1) is 0 Å². The summed E-state index contributed by atoms with van der Waals surface area (Å²) in [4.78, 5) is 10.1. The van der Waals surface area contributed by atoms with Gasteiger partial charge in [0.2, 0.25) is 0 Å². The average molecular weight is 147 g/mol. The van der Waals surface area contributed by atoms with Gasteiger partial charge in [-0.3, -0.25) is 0 Å². The van der Waals surface area contributed by atoms with Crippen LogP contribution < -0.4 is 0 Å². The Balaban J connectivity index is 3.09. The first-order chi connectivity index (χ1) is 4.31. The molecule has 0 amide bonds. The zero-order valence-corrected chi connectivity index (χ0v) is 5.60. The maximum Gasteiger partial charge on any atom is 0.508 e. The number of methoxy groups -OCH3 is 1. The van der Waals surface area contributed by atoms with E-state index in [9.17, 15) is 4.79 Å². The molecule has 5 heteroatoms. The zero-order valence-electron chi connectivity index (χ0n) is 4.79. The van der Waals surface area contributed by atoms with E-state index in [1.807, 2.05) is 0 Å². The summed E-state index contributed by atoms with van der Waals surface area (Å²) < 4.78 is 8.42. The first-order valence-electron chi connectivity index (χ1n) is 2.03. The van der Waals surface area contributed by atoms with E-state index in [2.05, 4.69) is 9.47 Å². The Bertz CT molecular complexity index is 130. The molecule has 0 N–H and O–H groups in total. The fourth-order valence-electron chi connectivity index (χ4n) is 0.163. The van der Waals surface area contributed by atoms with Crippen LogP contribution in [0.3, 0.4) is 0 Å². The third-order valence-corrected chi connectivity index (χ3v) is 0.832. The lowest BCUT2D eigenvalue weighted by Gasteiger charge is -1.96. The van der Waals surface area contributed by atoms with E-state index in [0.29, 0.717) is 0 Å². The van der Waals surface area contributed by atoms with Crippen LogP contribution in [-0.4, -0.2) is 19.2 Å². The summed E-state index contributed by atoms with van der Waals surface area (Å²) in [5, 5.41) is 9.66. The van der Waals surface area contributed by atoms with E-state index in [1.165, 1.54) is 7.11 Å². The number of ether oxygens (including phenoxy) is 2. The number of thiocyanates is 1. The van der Waals surface area contributed by atoms with Crippen molar-refractivity contribution >= 4 is 17.9 Å². The SMILES string of the molecule is COC(=O)OCSC#N. The summed E-state index contributed by atoms with van der Waals surface area (Å²) in [6, 6.07) is 0. The van der Waals surface area contributed by atoms with Gasteiger partial charge in [-0.1, -0.05) is 0 Å². The Morgan fingerprint density at radius 3 is 3.00 bits per heavy atom. The molecule has 0 saturated carbocycles. The van der Waals surface area contributed by atoms with Crippen LogP contribution in [-0.2, 0) is 9.47 Å². The van der Waals surface area contributed by atoms with Crippen LogP contribution >= 0.6 is 11.8 Å². The predicted octanol–water partition coefficient (Wildman–Crippen LogP) is 0.941. The summed E-state index contributed by atoms with van der Waals surface area (Å²) >= 11 is 0.834. The Kier molecular flexibility index (Phi) is 4.73. The third-order valence-electron chi connectivity index (χ3n) is 0.467. The summed E-state index contributed by atoms with van der Waals surface area (Å²) in [7, 11) is 1.21. The lowest BCUT2D eigenvalue weighted by molar-refractivity contribution is 0.0881. The summed E-state index contributed by atoms with van der Waals surface area (Å²) in [6.45, 7) is 0. The molecular formula is C4H5NO3S. The smallest absolute Gasteiger partial charge is 0.438 e. The zero-order chi connectivity index (χ0) is 7.11. The molecule has 0 bridgehead atoms. The summed E-state index contributed by atoms with van der Waals surface area (Å²) in [6.07, 6.45) is -0.766. The van der Waals surface area contributed by atoms with Crippen molar-refractivity contribution in [1.29, 1.82) is 5.26 Å². The van der Waals surface area contributed by atoms with Crippen molar-refractivity contribution in [1.82, 2.24) is 0 Å². The number of rotatable bonds is 2. The first-order valence-corrected chi connectivity index (χ1v) is 3.01. The van der Waals surface area contributed by atoms with Gasteiger partial charge in [0.05, 0.1) is 7.11 Å². The highest BCUT2D eigenvalue weighted by Crippen LogP contribution is 1.96. The van der Waals surface area contributed by atoms with Crippen LogP contribution in [0.4, 0.5) is 4.79 Å². The van der Waals surface area contributed by atoms with E-state index in [4.69, 9.17) is 5.26 Å². The molecule has 0 fully saturated rings. The van der Waals surface area contributed by atoms with E-state index < -0.39 is 6.16 Å². The topological polar surface area (TPSA) is 59.3 Å². The van der Waals surface area contributed by atoms with Crippen molar-refractivity contribution in [3.63, 3.8) is 0 Å². The number of carbonyl (C=O) groups is 1. The van der Waals surface area contributed by atoms with Gasteiger partial charge in [-0.25, -0.2) is 4.79 Å². The number of carbonyl (C=O) groups excluding carboxylic acids is 1. The molecule has 0 aliphatic rings. The van der Waals surface area contributed by atoms with Crippen molar-refractivity contribution < 1.29 is 14.3 Å². The van der Waals surface area contributed by atoms with Gasteiger partial charge in [-0.2, -0.15) is 5.26 Å². The molecule has 0 aliphatic heterocycles. The lowest BCUT2D eigenvalue weighted by atomic mass is 11.3. The van der Waals surface area contributed by atoms with E-state index in [1.54, 1.807) is 5.40 Å². The molecule has 0 atom stereocenters. The van der Waals surface area contributed by atoms with Crippen molar-refractivity contribution in [2.75, 3.05) is 13.0 Å². The van der Waals surface area contributed by atoms with Crippen LogP contribution in [0.25, 0.3) is 0 Å². The molecule has 0 aromatic carbocycles. The molecule has 0 aromatic heterocycles. The monoisotopic (exact) mass is 147 g/mol. The van der Waals surface area contributed by atoms with Crippen molar-refractivity contribution in [2.45, 2.75) is 0 Å². The maximum absolute atomic E-state index is 10.1. The average Bonchev–Trinajstić information content (AvgIpc) is 1.89. The quantitative estimate of drug-likeness (QED) is 0.252. The molecule has 0 saturated heterocycles. The van der Waals surface area contributed by atoms with Gasteiger partial charge in [0.1, 0.15) is 5.40 Å². The normalized spacial score (nSPS) is 7.56. The van der Waals surface area contributed by atoms with Crippen LogP contribution in [0.2, 0.25) is 0 Å². The molecule has 0 radical (unpaired) electrons. The minimum Gasteiger partial charge on any atom is -0.438 e. The number of thioether (sulfide) groups is 1. The Morgan fingerprint density at radius 2 is 2.56 bits per heavy atom.